The van der Waals surface area contributed by atoms with Crippen molar-refractivity contribution >= 4 is 44.8 Å². The van der Waals surface area contributed by atoms with E-state index < -0.39 is 44.9 Å². The van der Waals surface area contributed by atoms with E-state index in [0.29, 0.717) is 10.6 Å². The number of nitro benzene ring substituents is 1. The molecular formula is C29H33ClN4O6S. The number of nitrogens with one attached hydrogen (secondary N) is 1. The minimum Gasteiger partial charge on any atom is -0.350 e. The summed E-state index contributed by atoms with van der Waals surface area (Å²) >= 11 is 6.21. The molecule has 0 radical (unpaired) electrons. The minimum absolute atomic E-state index is 0.0407. The molecule has 0 saturated carbocycles. The average Bonchev–Trinajstić information content (AvgIpc) is 2.88. The van der Waals surface area contributed by atoms with Crippen molar-refractivity contribution in [1.82, 2.24) is 10.2 Å². The lowest BCUT2D eigenvalue weighted by atomic mass is 10.0. The van der Waals surface area contributed by atoms with Crippen molar-refractivity contribution in [2.75, 3.05) is 17.1 Å². The van der Waals surface area contributed by atoms with Crippen LogP contribution in [0.1, 0.15) is 31.9 Å². The van der Waals surface area contributed by atoms with Crippen molar-refractivity contribution in [3.05, 3.63) is 105 Å². The predicted molar refractivity (Wildman–Crippen MR) is 159 cm³/mol. The Morgan fingerprint density at radius 2 is 1.61 bits per heavy atom. The van der Waals surface area contributed by atoms with Gasteiger partial charge in [-0.25, -0.2) is 8.42 Å². The Morgan fingerprint density at radius 3 is 2.20 bits per heavy atom. The van der Waals surface area contributed by atoms with E-state index in [2.05, 4.69) is 5.32 Å². The quantitative estimate of drug-likeness (QED) is 0.253. The molecule has 0 spiro atoms. The second-order valence-corrected chi connectivity index (χ2v) is 13.0. The number of amides is 2. The highest BCUT2D eigenvalue weighted by atomic mass is 35.5. The number of halogens is 1. The Morgan fingerprint density at radius 1 is 0.976 bits per heavy atom. The van der Waals surface area contributed by atoms with E-state index in [0.717, 1.165) is 22.2 Å². The molecule has 0 bridgehead atoms. The van der Waals surface area contributed by atoms with Gasteiger partial charge in [-0.1, -0.05) is 60.1 Å². The number of benzene rings is 3. The number of hydrogen-bond donors (Lipinski definition) is 1. The van der Waals surface area contributed by atoms with Gasteiger partial charge in [0, 0.05) is 35.7 Å². The molecule has 3 rings (SSSR count). The van der Waals surface area contributed by atoms with E-state index in [9.17, 15) is 28.1 Å². The minimum atomic E-state index is -4.06. The monoisotopic (exact) mass is 600 g/mol. The van der Waals surface area contributed by atoms with Gasteiger partial charge in [0.05, 0.1) is 16.9 Å². The van der Waals surface area contributed by atoms with Crippen molar-refractivity contribution in [3.63, 3.8) is 0 Å². The van der Waals surface area contributed by atoms with E-state index in [-0.39, 0.29) is 24.3 Å². The van der Waals surface area contributed by atoms with Gasteiger partial charge >= 0.3 is 0 Å². The molecule has 0 heterocycles. The van der Waals surface area contributed by atoms with E-state index in [1.54, 1.807) is 24.3 Å². The summed E-state index contributed by atoms with van der Waals surface area (Å²) in [7, 11) is -4.06. The number of nitro groups is 1. The van der Waals surface area contributed by atoms with Gasteiger partial charge in [0.15, 0.2) is 0 Å². The summed E-state index contributed by atoms with van der Waals surface area (Å²) in [5, 5.41) is 14.7. The highest BCUT2D eigenvalue weighted by Gasteiger charge is 2.34. The van der Waals surface area contributed by atoms with Gasteiger partial charge in [-0.15, -0.1) is 0 Å². The maximum absolute atomic E-state index is 14.1. The fourth-order valence-corrected chi connectivity index (χ4v) is 5.27. The molecule has 0 saturated heterocycles. The first-order valence-corrected chi connectivity index (χ1v) is 15.0. The molecule has 3 aromatic rings. The Hall–Kier alpha value is -3.96. The van der Waals surface area contributed by atoms with Crippen LogP contribution in [0.4, 0.5) is 11.4 Å². The van der Waals surface area contributed by atoms with Gasteiger partial charge in [-0.2, -0.15) is 0 Å². The Balaban J connectivity index is 2.09. The fourth-order valence-electron chi connectivity index (χ4n) is 4.21. The smallest absolute Gasteiger partial charge is 0.271 e. The summed E-state index contributed by atoms with van der Waals surface area (Å²) in [6.45, 7) is 4.74. The van der Waals surface area contributed by atoms with Gasteiger partial charge in [0.2, 0.25) is 21.8 Å². The zero-order valence-corrected chi connectivity index (χ0v) is 24.9. The molecule has 0 fully saturated rings. The van der Waals surface area contributed by atoms with Crippen LogP contribution in [0.2, 0.25) is 5.02 Å². The highest BCUT2D eigenvalue weighted by Crippen LogP contribution is 2.25. The third-order valence-electron chi connectivity index (χ3n) is 6.02. The van der Waals surface area contributed by atoms with Crippen molar-refractivity contribution in [3.8, 4) is 0 Å². The van der Waals surface area contributed by atoms with Gasteiger partial charge in [-0.3, -0.25) is 24.0 Å². The summed E-state index contributed by atoms with van der Waals surface area (Å²) in [4.78, 5) is 39.8. The summed E-state index contributed by atoms with van der Waals surface area (Å²) < 4.78 is 26.5. The summed E-state index contributed by atoms with van der Waals surface area (Å²) in [5.74, 6) is -1.09. The van der Waals surface area contributed by atoms with Crippen molar-refractivity contribution in [1.29, 1.82) is 0 Å². The zero-order valence-electron chi connectivity index (χ0n) is 23.3. The molecule has 1 N–H and O–H groups in total. The molecule has 2 amide bonds. The zero-order chi connectivity index (χ0) is 30.4. The second kappa shape index (κ2) is 13.1. The number of nitrogens with zero attached hydrogens (tertiary/aromatic N) is 3. The normalized spacial score (nSPS) is 12.3. The molecule has 0 aliphatic heterocycles. The van der Waals surface area contributed by atoms with Gasteiger partial charge < -0.3 is 10.2 Å². The molecule has 0 aromatic heterocycles. The standard InChI is InChI=1S/C29H33ClN4O6S/c1-29(2,3)31-28(36)26(17-21-10-6-5-7-11-21)32(19-22-12-8-13-23(30)16-22)27(35)20-33(41(4,39)40)24-14-9-15-25(18-24)34(37)38/h5-16,18,26H,17,19-20H2,1-4H3,(H,31,36)/t26-/m1/s1. The number of carbonyl (C=O) groups excluding carboxylic acids is 2. The van der Waals surface area contributed by atoms with Gasteiger partial charge in [0.1, 0.15) is 12.6 Å². The average molecular weight is 601 g/mol. The Kier molecular flexibility index (Phi) is 10.1. The molecule has 0 unspecified atom stereocenters. The van der Waals surface area contributed by atoms with Crippen molar-refractivity contribution < 1.29 is 22.9 Å². The van der Waals surface area contributed by atoms with Crippen LogP contribution in [0.5, 0.6) is 0 Å². The summed E-state index contributed by atoms with van der Waals surface area (Å²) in [6.07, 6.45) is 1.07. The van der Waals surface area contributed by atoms with E-state index in [4.69, 9.17) is 11.6 Å². The van der Waals surface area contributed by atoms with E-state index in [1.165, 1.54) is 23.1 Å². The van der Waals surface area contributed by atoms with Crippen LogP contribution >= 0.6 is 11.6 Å². The first-order valence-electron chi connectivity index (χ1n) is 12.8. The second-order valence-electron chi connectivity index (χ2n) is 10.6. The number of carbonyl (C=O) groups is 2. The van der Waals surface area contributed by atoms with Crippen LogP contribution in [0.25, 0.3) is 0 Å². The van der Waals surface area contributed by atoms with Crippen LogP contribution in [0, 0.1) is 10.1 Å². The first kappa shape index (κ1) is 31.6. The number of sulfonamides is 1. The molecule has 1 atom stereocenters. The fraction of sp³-hybridized carbons (Fsp3) is 0.310. The molecule has 0 aliphatic rings. The van der Waals surface area contributed by atoms with Crippen LogP contribution < -0.4 is 9.62 Å². The Labute approximate surface area is 245 Å². The molecular weight excluding hydrogens is 568 g/mol. The van der Waals surface area contributed by atoms with Crippen LogP contribution in [-0.2, 0) is 32.6 Å². The maximum Gasteiger partial charge on any atom is 0.271 e. The number of hydrogen-bond acceptors (Lipinski definition) is 6. The summed E-state index contributed by atoms with van der Waals surface area (Å²) in [5.41, 5.74) is 0.443. The van der Waals surface area contributed by atoms with E-state index in [1.807, 2.05) is 51.1 Å². The van der Waals surface area contributed by atoms with Crippen LogP contribution in [-0.4, -0.2) is 54.4 Å². The van der Waals surface area contributed by atoms with Crippen LogP contribution in [0.15, 0.2) is 78.9 Å². The van der Waals surface area contributed by atoms with Crippen molar-refractivity contribution in [2.45, 2.75) is 45.3 Å². The molecule has 3 aromatic carbocycles. The highest BCUT2D eigenvalue weighted by molar-refractivity contribution is 7.92. The molecule has 41 heavy (non-hydrogen) atoms. The van der Waals surface area contributed by atoms with Crippen LogP contribution in [0.3, 0.4) is 0 Å². The SMILES string of the molecule is CC(C)(C)NC(=O)[C@@H](Cc1ccccc1)N(Cc1cccc(Cl)c1)C(=O)CN(c1cccc([N+](=O)[O-])c1)S(C)(=O)=O. The summed E-state index contributed by atoms with van der Waals surface area (Å²) in [6, 6.07) is 20.0. The molecule has 12 heteroatoms. The predicted octanol–water partition coefficient (Wildman–Crippen LogP) is 4.57. The first-order chi connectivity index (χ1) is 19.1. The third kappa shape index (κ3) is 9.29. The lowest BCUT2D eigenvalue weighted by Gasteiger charge is -2.35. The third-order valence-corrected chi connectivity index (χ3v) is 7.39. The number of rotatable bonds is 11. The van der Waals surface area contributed by atoms with Gasteiger partial charge in [-0.05, 0) is 50.1 Å². The number of anilines is 1. The van der Waals surface area contributed by atoms with Gasteiger partial charge in [0.25, 0.3) is 5.69 Å². The van der Waals surface area contributed by atoms with Crippen molar-refractivity contribution in [2.24, 2.45) is 0 Å². The lowest BCUT2D eigenvalue weighted by molar-refractivity contribution is -0.384. The molecule has 10 nitrogen and oxygen atoms in total. The maximum atomic E-state index is 14.1. The molecule has 218 valence electrons. The molecule has 0 aliphatic carbocycles. The largest absolute Gasteiger partial charge is 0.350 e. The topological polar surface area (TPSA) is 130 Å². The Bertz CT molecular complexity index is 1510. The lowest BCUT2D eigenvalue weighted by Crippen LogP contribution is -2.56. The van der Waals surface area contributed by atoms with E-state index >= 15 is 0 Å². The number of non-ortho nitro benzene ring substituents is 1.